The number of halogens is 2. The van der Waals surface area contributed by atoms with Crippen LogP contribution in [0.2, 0.25) is 0 Å². The van der Waals surface area contributed by atoms with E-state index in [1.54, 1.807) is 0 Å². The molecular weight excluding hydrogens is 179 g/mol. The summed E-state index contributed by atoms with van der Waals surface area (Å²) in [6.45, 7) is 6.40. The summed E-state index contributed by atoms with van der Waals surface area (Å²) >= 11 is 11.9. The number of alkyl halides is 2. The van der Waals surface area contributed by atoms with E-state index in [-0.39, 0.29) is 5.38 Å². The smallest absolute Gasteiger partial charge is 0.0339 e. The first-order chi connectivity index (χ1) is 5.02. The van der Waals surface area contributed by atoms with Gasteiger partial charge in [0, 0.05) is 10.8 Å². The minimum atomic E-state index is 0.267. The highest BCUT2D eigenvalue weighted by molar-refractivity contribution is 6.21. The summed E-state index contributed by atoms with van der Waals surface area (Å²) in [6.07, 6.45) is 3.18. The Morgan fingerprint density at radius 1 is 1.00 bits per heavy atom. The van der Waals surface area contributed by atoms with Gasteiger partial charge in [0.05, 0.1) is 0 Å². The monoisotopic (exact) mass is 196 g/mol. The van der Waals surface area contributed by atoms with Gasteiger partial charge in [0.2, 0.25) is 0 Å². The van der Waals surface area contributed by atoms with E-state index in [1.807, 2.05) is 6.92 Å². The lowest BCUT2D eigenvalue weighted by Gasteiger charge is -2.11. The van der Waals surface area contributed by atoms with Gasteiger partial charge in [-0.25, -0.2) is 0 Å². The van der Waals surface area contributed by atoms with Gasteiger partial charge in [-0.05, 0) is 32.1 Å². The lowest BCUT2D eigenvalue weighted by Crippen LogP contribution is -2.05. The van der Waals surface area contributed by atoms with Crippen molar-refractivity contribution in [2.75, 3.05) is 0 Å². The second-order valence-electron chi connectivity index (χ2n) is 3.58. The molecule has 0 aromatic heterocycles. The van der Waals surface area contributed by atoms with E-state index in [4.69, 9.17) is 23.2 Å². The first-order valence-corrected chi connectivity index (χ1v) is 5.17. The predicted molar refractivity (Wildman–Crippen MR) is 53.6 cm³/mol. The Bertz CT molecular complexity index is 89.6. The maximum atomic E-state index is 6.06. The van der Waals surface area contributed by atoms with Gasteiger partial charge in [-0.2, -0.15) is 0 Å². The van der Waals surface area contributed by atoms with Gasteiger partial charge in [-0.3, -0.25) is 0 Å². The minimum Gasteiger partial charge on any atom is -0.123 e. The SMILES string of the molecule is CC(C)CC(Cl)CCC(C)Cl. The highest BCUT2D eigenvalue weighted by atomic mass is 35.5. The molecule has 0 saturated heterocycles. The Morgan fingerprint density at radius 2 is 1.55 bits per heavy atom. The van der Waals surface area contributed by atoms with Crippen LogP contribution < -0.4 is 0 Å². The molecule has 0 heterocycles. The molecule has 11 heavy (non-hydrogen) atoms. The third kappa shape index (κ3) is 8.49. The van der Waals surface area contributed by atoms with E-state index >= 15 is 0 Å². The fourth-order valence-electron chi connectivity index (χ4n) is 1.04. The zero-order valence-electron chi connectivity index (χ0n) is 7.61. The molecule has 0 aliphatic rings. The Morgan fingerprint density at radius 3 is 1.91 bits per heavy atom. The van der Waals surface area contributed by atoms with Crippen molar-refractivity contribution in [3.05, 3.63) is 0 Å². The van der Waals surface area contributed by atoms with Crippen LogP contribution >= 0.6 is 23.2 Å². The molecule has 0 fully saturated rings. The summed E-state index contributed by atoms with van der Waals surface area (Å²) in [5.74, 6) is 0.697. The maximum absolute atomic E-state index is 6.06. The van der Waals surface area contributed by atoms with Crippen LogP contribution in [0.3, 0.4) is 0 Å². The van der Waals surface area contributed by atoms with Crippen molar-refractivity contribution in [2.45, 2.75) is 50.8 Å². The van der Waals surface area contributed by atoms with E-state index in [0.717, 1.165) is 19.3 Å². The van der Waals surface area contributed by atoms with Crippen LogP contribution in [-0.4, -0.2) is 10.8 Å². The van der Waals surface area contributed by atoms with Crippen molar-refractivity contribution in [1.82, 2.24) is 0 Å². The van der Waals surface area contributed by atoms with Gasteiger partial charge >= 0.3 is 0 Å². The summed E-state index contributed by atoms with van der Waals surface area (Å²) < 4.78 is 0. The fourth-order valence-corrected chi connectivity index (χ4v) is 1.65. The second-order valence-corrected chi connectivity index (χ2v) is 4.95. The zero-order valence-corrected chi connectivity index (χ0v) is 9.12. The van der Waals surface area contributed by atoms with Crippen LogP contribution in [0.4, 0.5) is 0 Å². The maximum Gasteiger partial charge on any atom is 0.0339 e. The number of hydrogen-bond donors (Lipinski definition) is 0. The summed E-state index contributed by atoms with van der Waals surface area (Å²) in [5, 5.41) is 0.583. The van der Waals surface area contributed by atoms with Crippen molar-refractivity contribution in [3.8, 4) is 0 Å². The van der Waals surface area contributed by atoms with E-state index in [0.29, 0.717) is 11.3 Å². The van der Waals surface area contributed by atoms with E-state index in [1.165, 1.54) is 0 Å². The third-order valence-electron chi connectivity index (χ3n) is 1.60. The summed E-state index contributed by atoms with van der Waals surface area (Å²) in [4.78, 5) is 0. The average Bonchev–Trinajstić information content (AvgIpc) is 1.82. The molecule has 0 bridgehead atoms. The minimum absolute atomic E-state index is 0.267. The van der Waals surface area contributed by atoms with E-state index in [2.05, 4.69) is 13.8 Å². The molecule has 2 atom stereocenters. The number of rotatable bonds is 5. The van der Waals surface area contributed by atoms with Gasteiger partial charge in [0.1, 0.15) is 0 Å². The molecule has 2 unspecified atom stereocenters. The largest absolute Gasteiger partial charge is 0.123 e. The molecule has 68 valence electrons. The quantitative estimate of drug-likeness (QED) is 0.583. The van der Waals surface area contributed by atoms with Crippen molar-refractivity contribution in [2.24, 2.45) is 5.92 Å². The molecule has 0 aromatic rings. The van der Waals surface area contributed by atoms with Crippen LogP contribution in [0.5, 0.6) is 0 Å². The fraction of sp³-hybridized carbons (Fsp3) is 1.00. The summed E-state index contributed by atoms with van der Waals surface area (Å²) in [5.41, 5.74) is 0. The highest BCUT2D eigenvalue weighted by Crippen LogP contribution is 2.17. The first-order valence-electron chi connectivity index (χ1n) is 4.30. The van der Waals surface area contributed by atoms with E-state index in [9.17, 15) is 0 Å². The van der Waals surface area contributed by atoms with Crippen LogP contribution in [0, 0.1) is 5.92 Å². The van der Waals surface area contributed by atoms with Crippen LogP contribution in [-0.2, 0) is 0 Å². The van der Waals surface area contributed by atoms with Gasteiger partial charge in [-0.1, -0.05) is 13.8 Å². The molecule has 0 N–H and O–H groups in total. The summed E-state index contributed by atoms with van der Waals surface area (Å²) in [7, 11) is 0. The topological polar surface area (TPSA) is 0 Å². The molecule has 2 heteroatoms. The van der Waals surface area contributed by atoms with Crippen molar-refractivity contribution < 1.29 is 0 Å². The van der Waals surface area contributed by atoms with Crippen LogP contribution in [0.25, 0.3) is 0 Å². The molecule has 0 amide bonds. The first kappa shape index (κ1) is 11.6. The average molecular weight is 197 g/mol. The summed E-state index contributed by atoms with van der Waals surface area (Å²) in [6, 6.07) is 0. The molecule has 0 aliphatic carbocycles. The van der Waals surface area contributed by atoms with Crippen molar-refractivity contribution >= 4 is 23.2 Å². The molecule has 0 nitrogen and oxygen atoms in total. The van der Waals surface area contributed by atoms with Gasteiger partial charge in [0.15, 0.2) is 0 Å². The lowest BCUT2D eigenvalue weighted by atomic mass is 10.0. The predicted octanol–water partition coefficient (Wildman–Crippen LogP) is 4.05. The lowest BCUT2D eigenvalue weighted by molar-refractivity contribution is 0.532. The molecule has 0 radical (unpaired) electrons. The van der Waals surface area contributed by atoms with Crippen LogP contribution in [0.1, 0.15) is 40.0 Å². The highest BCUT2D eigenvalue weighted by Gasteiger charge is 2.08. The van der Waals surface area contributed by atoms with Crippen molar-refractivity contribution in [3.63, 3.8) is 0 Å². The van der Waals surface area contributed by atoms with E-state index < -0.39 is 0 Å². The molecule has 0 rings (SSSR count). The number of hydrogen-bond acceptors (Lipinski definition) is 0. The van der Waals surface area contributed by atoms with Gasteiger partial charge in [-0.15, -0.1) is 23.2 Å². The third-order valence-corrected chi connectivity index (χ3v) is 2.22. The van der Waals surface area contributed by atoms with Gasteiger partial charge in [0.25, 0.3) is 0 Å². The van der Waals surface area contributed by atoms with Gasteiger partial charge < -0.3 is 0 Å². The standard InChI is InChI=1S/C9H18Cl2/c1-7(2)6-9(11)5-4-8(3)10/h7-9H,4-6H2,1-3H3. The normalized spacial score (nSPS) is 16.9. The molecular formula is C9H18Cl2. The Labute approximate surface area is 80.3 Å². The molecule has 0 saturated carbocycles. The Hall–Kier alpha value is 0.580. The molecule has 0 spiro atoms. The van der Waals surface area contributed by atoms with Crippen LogP contribution in [0.15, 0.2) is 0 Å². The Kier molecular flexibility index (Phi) is 6.46. The molecule has 0 aromatic carbocycles. The zero-order chi connectivity index (χ0) is 8.85. The second kappa shape index (κ2) is 6.14. The molecule has 0 aliphatic heterocycles. The van der Waals surface area contributed by atoms with Crippen molar-refractivity contribution in [1.29, 1.82) is 0 Å². The Balaban J connectivity index is 3.29.